The highest BCUT2D eigenvalue weighted by atomic mass is 16.2. The largest absolute Gasteiger partial charge is 0.272 e. The van der Waals surface area contributed by atoms with E-state index in [4.69, 9.17) is 10.2 Å². The summed E-state index contributed by atoms with van der Waals surface area (Å²) in [5.41, 5.74) is 3.85. The summed E-state index contributed by atoms with van der Waals surface area (Å²) in [6, 6.07) is 11.9. The Morgan fingerprint density at radius 2 is 1.96 bits per heavy atom. The second kappa shape index (κ2) is 6.30. The lowest BCUT2D eigenvalue weighted by atomic mass is 9.85. The van der Waals surface area contributed by atoms with Crippen molar-refractivity contribution in [2.45, 2.75) is 40.2 Å². The molecule has 0 fully saturated rings. The van der Waals surface area contributed by atoms with Crippen LogP contribution in [-0.4, -0.2) is 31.2 Å². The summed E-state index contributed by atoms with van der Waals surface area (Å²) in [4.78, 5) is 17.2. The van der Waals surface area contributed by atoms with Crippen LogP contribution < -0.4 is 0 Å². The van der Waals surface area contributed by atoms with Crippen LogP contribution in [0.5, 0.6) is 0 Å². The Balaban J connectivity index is 1.79. The molecule has 1 aliphatic rings. The Kier molecular flexibility index (Phi) is 4.06. The molecule has 0 N–H and O–H groups in total. The van der Waals surface area contributed by atoms with E-state index in [1.54, 1.807) is 12.4 Å². The minimum Gasteiger partial charge on any atom is -0.272 e. The van der Waals surface area contributed by atoms with Crippen molar-refractivity contribution in [3.8, 4) is 0 Å². The van der Waals surface area contributed by atoms with Crippen LogP contribution in [0.2, 0.25) is 0 Å². The van der Waals surface area contributed by atoms with Gasteiger partial charge >= 0.3 is 0 Å². The van der Waals surface area contributed by atoms with Gasteiger partial charge in [-0.3, -0.25) is 9.78 Å². The van der Waals surface area contributed by atoms with E-state index in [2.05, 4.69) is 24.9 Å². The number of rotatable bonds is 4. The average Bonchev–Trinajstić information content (AvgIpc) is 3.18. The van der Waals surface area contributed by atoms with E-state index in [0.29, 0.717) is 12.5 Å². The molecular weight excluding hydrogens is 338 g/mol. The fraction of sp³-hybridized carbons (Fsp3) is 0.333. The van der Waals surface area contributed by atoms with Gasteiger partial charge < -0.3 is 0 Å². The molecule has 4 rings (SSSR count). The first-order valence-corrected chi connectivity index (χ1v) is 9.17. The van der Waals surface area contributed by atoms with Crippen molar-refractivity contribution in [3.63, 3.8) is 0 Å². The van der Waals surface area contributed by atoms with Crippen LogP contribution in [0.15, 0.2) is 53.9 Å². The molecule has 0 spiro atoms. The molecule has 1 amide bonds. The highest BCUT2D eigenvalue weighted by Gasteiger charge is 2.44. The van der Waals surface area contributed by atoms with E-state index in [0.717, 1.165) is 28.2 Å². The molecule has 0 aliphatic carbocycles. The Morgan fingerprint density at radius 1 is 1.15 bits per heavy atom. The average molecular weight is 361 g/mol. The smallest absolute Gasteiger partial charge is 0.254 e. The number of nitrogens with zero attached hydrogens (tertiary/aromatic N) is 5. The molecule has 0 bridgehead atoms. The van der Waals surface area contributed by atoms with Crippen LogP contribution in [0.25, 0.3) is 5.52 Å². The quantitative estimate of drug-likeness (QED) is 0.713. The zero-order valence-electron chi connectivity index (χ0n) is 16.0. The summed E-state index contributed by atoms with van der Waals surface area (Å²) >= 11 is 0. The molecule has 1 aliphatic heterocycles. The number of carbonyl (C=O) groups excluding carboxylic acids is 1. The van der Waals surface area contributed by atoms with Gasteiger partial charge in [0.2, 0.25) is 0 Å². The van der Waals surface area contributed by atoms with Gasteiger partial charge in [0.05, 0.1) is 28.9 Å². The number of hydrazone groups is 1. The standard InChI is InChI=1S/C21H23N5O/c1-14(2)17-11-16-8-5-9-18(26(16)23-17)19-21(3,4)20(27)25(24-19)13-15-7-6-10-22-12-15/h5-12,14H,13H2,1-4H3. The third-order valence-corrected chi connectivity index (χ3v) is 4.98. The second-order valence-corrected chi connectivity index (χ2v) is 7.77. The van der Waals surface area contributed by atoms with Crippen molar-refractivity contribution in [2.75, 3.05) is 0 Å². The van der Waals surface area contributed by atoms with Gasteiger partial charge in [-0.1, -0.05) is 26.0 Å². The highest BCUT2D eigenvalue weighted by Crippen LogP contribution is 2.33. The minimum atomic E-state index is -0.722. The zero-order chi connectivity index (χ0) is 19.2. The van der Waals surface area contributed by atoms with Gasteiger partial charge in [-0.25, -0.2) is 9.52 Å². The lowest BCUT2D eigenvalue weighted by Crippen LogP contribution is -2.35. The van der Waals surface area contributed by atoms with Gasteiger partial charge in [0.25, 0.3) is 5.91 Å². The summed E-state index contributed by atoms with van der Waals surface area (Å²) in [5.74, 6) is 0.314. The predicted molar refractivity (Wildman–Crippen MR) is 104 cm³/mol. The normalized spacial score (nSPS) is 16.4. The number of hydrogen-bond donors (Lipinski definition) is 0. The predicted octanol–water partition coefficient (Wildman–Crippen LogP) is 3.63. The van der Waals surface area contributed by atoms with Crippen LogP contribution in [0.1, 0.15) is 50.6 Å². The Bertz CT molecular complexity index is 1030. The Labute approximate surface area is 158 Å². The van der Waals surface area contributed by atoms with Crippen molar-refractivity contribution >= 4 is 17.1 Å². The van der Waals surface area contributed by atoms with Crippen molar-refractivity contribution < 1.29 is 4.79 Å². The number of hydrogen-bond acceptors (Lipinski definition) is 4. The molecule has 0 aromatic carbocycles. The maximum Gasteiger partial charge on any atom is 0.254 e. The molecule has 3 aromatic heterocycles. The molecule has 3 aromatic rings. The molecule has 138 valence electrons. The third kappa shape index (κ3) is 2.91. The van der Waals surface area contributed by atoms with E-state index in [-0.39, 0.29) is 5.91 Å². The molecule has 0 atom stereocenters. The summed E-state index contributed by atoms with van der Waals surface area (Å²) in [7, 11) is 0. The van der Waals surface area contributed by atoms with Crippen molar-refractivity contribution in [1.82, 2.24) is 19.6 Å². The highest BCUT2D eigenvalue weighted by molar-refractivity contribution is 6.18. The maximum absolute atomic E-state index is 13.0. The minimum absolute atomic E-state index is 0.0189. The third-order valence-electron chi connectivity index (χ3n) is 4.98. The SMILES string of the molecule is CC(C)c1cc2cccc(C3=NN(Cc4cccnc4)C(=O)C3(C)C)n2n1. The molecular formula is C21H23N5O. The van der Waals surface area contributed by atoms with Crippen LogP contribution in [0.4, 0.5) is 0 Å². The van der Waals surface area contributed by atoms with Crippen molar-refractivity contribution in [3.05, 3.63) is 65.7 Å². The molecule has 0 saturated carbocycles. The maximum atomic E-state index is 13.0. The van der Waals surface area contributed by atoms with Gasteiger partial charge in [-0.2, -0.15) is 10.2 Å². The summed E-state index contributed by atoms with van der Waals surface area (Å²) in [6.07, 6.45) is 3.48. The molecule has 0 unspecified atom stereocenters. The van der Waals surface area contributed by atoms with E-state index in [1.807, 2.05) is 48.7 Å². The van der Waals surface area contributed by atoms with Crippen LogP contribution in [-0.2, 0) is 11.3 Å². The van der Waals surface area contributed by atoms with Crippen LogP contribution >= 0.6 is 0 Å². The van der Waals surface area contributed by atoms with Crippen LogP contribution in [0, 0.1) is 5.41 Å². The summed E-state index contributed by atoms with van der Waals surface area (Å²) < 4.78 is 1.90. The molecule has 0 saturated heterocycles. The Hall–Kier alpha value is -3.02. The van der Waals surface area contributed by atoms with E-state index in [9.17, 15) is 4.79 Å². The summed E-state index contributed by atoms with van der Waals surface area (Å²) in [5, 5.41) is 11.0. The lowest BCUT2D eigenvalue weighted by molar-refractivity contribution is -0.135. The molecule has 0 radical (unpaired) electrons. The zero-order valence-corrected chi connectivity index (χ0v) is 16.0. The first-order chi connectivity index (χ1) is 12.9. The van der Waals surface area contributed by atoms with Gasteiger partial charge in [-0.05, 0) is 49.6 Å². The van der Waals surface area contributed by atoms with Gasteiger partial charge in [0, 0.05) is 12.4 Å². The Morgan fingerprint density at radius 3 is 2.67 bits per heavy atom. The summed E-state index contributed by atoms with van der Waals surface area (Å²) in [6.45, 7) is 8.49. The molecule has 6 heteroatoms. The fourth-order valence-electron chi connectivity index (χ4n) is 3.35. The van der Waals surface area contributed by atoms with Crippen LogP contribution in [0.3, 0.4) is 0 Å². The topological polar surface area (TPSA) is 62.9 Å². The van der Waals surface area contributed by atoms with E-state index in [1.165, 1.54) is 5.01 Å². The van der Waals surface area contributed by atoms with E-state index < -0.39 is 5.41 Å². The number of aromatic nitrogens is 3. The van der Waals surface area contributed by atoms with E-state index >= 15 is 0 Å². The number of fused-ring (bicyclic) bond motifs is 1. The second-order valence-electron chi connectivity index (χ2n) is 7.77. The van der Waals surface area contributed by atoms with Crippen molar-refractivity contribution in [2.24, 2.45) is 10.5 Å². The fourth-order valence-corrected chi connectivity index (χ4v) is 3.35. The molecule has 27 heavy (non-hydrogen) atoms. The number of carbonyl (C=O) groups is 1. The van der Waals surface area contributed by atoms with Crippen molar-refractivity contribution in [1.29, 1.82) is 0 Å². The van der Waals surface area contributed by atoms with Gasteiger partial charge in [-0.15, -0.1) is 0 Å². The van der Waals surface area contributed by atoms with Gasteiger partial charge in [0.1, 0.15) is 5.71 Å². The number of pyridine rings is 2. The first-order valence-electron chi connectivity index (χ1n) is 9.17. The molecule has 6 nitrogen and oxygen atoms in total. The first kappa shape index (κ1) is 17.4. The molecule has 4 heterocycles. The van der Waals surface area contributed by atoms with Gasteiger partial charge in [0.15, 0.2) is 0 Å². The number of amides is 1. The monoisotopic (exact) mass is 361 g/mol. The lowest BCUT2D eigenvalue weighted by Gasteiger charge is -2.19.